The van der Waals surface area contributed by atoms with Crippen LogP contribution in [0, 0.1) is 0 Å². The Kier molecular flexibility index (Phi) is 9.76. The zero-order valence-electron chi connectivity index (χ0n) is 17.1. The minimum Gasteiger partial charge on any atom is -0.480 e. The van der Waals surface area contributed by atoms with Crippen LogP contribution in [0.15, 0.2) is 0 Å². The van der Waals surface area contributed by atoms with Crippen molar-refractivity contribution in [2.75, 3.05) is 11.5 Å². The van der Waals surface area contributed by atoms with E-state index in [1.165, 1.54) is 0 Å². The van der Waals surface area contributed by atoms with Gasteiger partial charge in [-0.3, -0.25) is 4.79 Å². The molecular formula is C17H30N2O8S. The predicted molar refractivity (Wildman–Crippen MR) is 103 cm³/mol. The topological polar surface area (TPSA) is 156 Å². The fraction of sp³-hybridized carbons (Fsp3) is 0.765. The summed E-state index contributed by atoms with van der Waals surface area (Å²) < 4.78 is 10.3. The standard InChI is InChI=1S/C17H30N2O8S/c1-16(2,3)26-14(24)19(15(25)27-17(4,5)6)11(13(22)23)7-8-28-9-10(18)12(20)21/h10-11H,7-9,18H2,1-6H3,(H,20,21)(H,22,23). The first-order chi connectivity index (χ1) is 12.5. The third-order valence-electron chi connectivity index (χ3n) is 2.93. The van der Waals surface area contributed by atoms with Crippen molar-refractivity contribution in [3.63, 3.8) is 0 Å². The highest BCUT2D eigenvalue weighted by Crippen LogP contribution is 2.20. The molecule has 4 N–H and O–H groups in total. The summed E-state index contributed by atoms with van der Waals surface area (Å²) in [5.74, 6) is -2.38. The van der Waals surface area contributed by atoms with Gasteiger partial charge in [-0.05, 0) is 53.7 Å². The second-order valence-electron chi connectivity index (χ2n) is 7.99. The van der Waals surface area contributed by atoms with E-state index in [1.807, 2.05) is 0 Å². The average molecular weight is 423 g/mol. The molecule has 0 aliphatic carbocycles. The number of imide groups is 1. The smallest absolute Gasteiger partial charge is 0.420 e. The van der Waals surface area contributed by atoms with Crippen LogP contribution in [-0.2, 0) is 19.1 Å². The van der Waals surface area contributed by atoms with Gasteiger partial charge >= 0.3 is 24.1 Å². The molecule has 11 heteroatoms. The van der Waals surface area contributed by atoms with Crippen LogP contribution in [0.3, 0.4) is 0 Å². The van der Waals surface area contributed by atoms with E-state index in [0.717, 1.165) is 11.8 Å². The van der Waals surface area contributed by atoms with Crippen LogP contribution in [0.1, 0.15) is 48.0 Å². The molecule has 0 rings (SSSR count). The van der Waals surface area contributed by atoms with Gasteiger partial charge in [0.1, 0.15) is 23.3 Å². The molecule has 2 amide bonds. The fourth-order valence-electron chi connectivity index (χ4n) is 1.79. The van der Waals surface area contributed by atoms with Crippen molar-refractivity contribution in [1.82, 2.24) is 4.90 Å². The number of rotatable bonds is 8. The largest absolute Gasteiger partial charge is 0.480 e. The maximum absolute atomic E-state index is 12.5. The van der Waals surface area contributed by atoms with Crippen molar-refractivity contribution in [2.24, 2.45) is 5.73 Å². The summed E-state index contributed by atoms with van der Waals surface area (Å²) in [4.78, 5) is 47.9. The van der Waals surface area contributed by atoms with E-state index in [-0.39, 0.29) is 17.9 Å². The van der Waals surface area contributed by atoms with Crippen molar-refractivity contribution in [3.05, 3.63) is 0 Å². The summed E-state index contributed by atoms with van der Waals surface area (Å²) in [6.45, 7) is 9.48. The molecule has 162 valence electrons. The minimum atomic E-state index is -1.54. The van der Waals surface area contributed by atoms with Crippen LogP contribution < -0.4 is 5.73 Å². The molecule has 0 aromatic heterocycles. The van der Waals surface area contributed by atoms with E-state index in [1.54, 1.807) is 41.5 Å². The molecule has 0 fully saturated rings. The summed E-state index contributed by atoms with van der Waals surface area (Å²) in [6, 6.07) is -2.64. The van der Waals surface area contributed by atoms with Gasteiger partial charge in [0.05, 0.1) is 0 Å². The van der Waals surface area contributed by atoms with E-state index in [4.69, 9.17) is 20.3 Å². The van der Waals surface area contributed by atoms with Gasteiger partial charge in [0.2, 0.25) is 0 Å². The number of carboxylic acid groups (broad SMARTS) is 2. The maximum atomic E-state index is 12.5. The summed E-state index contributed by atoms with van der Waals surface area (Å²) in [7, 11) is 0. The van der Waals surface area contributed by atoms with Crippen LogP contribution in [0.2, 0.25) is 0 Å². The number of carbonyl (C=O) groups excluding carboxylic acids is 2. The lowest BCUT2D eigenvalue weighted by Crippen LogP contribution is -2.52. The Morgan fingerprint density at radius 3 is 1.68 bits per heavy atom. The quantitative estimate of drug-likeness (QED) is 0.495. The molecule has 0 aliphatic rings. The molecule has 0 saturated heterocycles. The number of nitrogens with zero attached hydrogens (tertiary/aromatic N) is 1. The molecule has 0 saturated carbocycles. The lowest BCUT2D eigenvalue weighted by molar-refractivity contribution is -0.143. The van der Waals surface area contributed by atoms with Gasteiger partial charge in [0, 0.05) is 5.75 Å². The van der Waals surface area contributed by atoms with Gasteiger partial charge < -0.3 is 25.4 Å². The highest BCUT2D eigenvalue weighted by Gasteiger charge is 2.40. The SMILES string of the molecule is CC(C)(C)OC(=O)N(C(=O)OC(C)(C)C)C(CCSCC(N)C(=O)O)C(=O)O. The molecular weight excluding hydrogens is 392 g/mol. The van der Waals surface area contributed by atoms with Crippen molar-refractivity contribution in [2.45, 2.75) is 71.2 Å². The first-order valence-corrected chi connectivity index (χ1v) is 9.74. The monoisotopic (exact) mass is 422 g/mol. The van der Waals surface area contributed by atoms with Crippen LogP contribution in [0.4, 0.5) is 9.59 Å². The van der Waals surface area contributed by atoms with Gasteiger partial charge in [-0.1, -0.05) is 0 Å². The number of carbonyl (C=O) groups is 4. The molecule has 2 atom stereocenters. The number of ether oxygens (including phenoxy) is 2. The number of amides is 2. The van der Waals surface area contributed by atoms with E-state index >= 15 is 0 Å². The highest BCUT2D eigenvalue weighted by atomic mass is 32.2. The van der Waals surface area contributed by atoms with Crippen LogP contribution in [0.25, 0.3) is 0 Å². The van der Waals surface area contributed by atoms with Gasteiger partial charge in [-0.2, -0.15) is 16.7 Å². The second-order valence-corrected chi connectivity index (χ2v) is 9.14. The Bertz CT molecular complexity index is 555. The Labute approximate surface area is 168 Å². The molecule has 0 aromatic rings. The number of aliphatic carboxylic acids is 2. The van der Waals surface area contributed by atoms with Gasteiger partial charge in [-0.25, -0.2) is 14.4 Å². The molecule has 2 unspecified atom stereocenters. The number of carboxylic acids is 2. The van der Waals surface area contributed by atoms with E-state index in [9.17, 15) is 24.3 Å². The van der Waals surface area contributed by atoms with Crippen molar-refractivity contribution in [1.29, 1.82) is 0 Å². The van der Waals surface area contributed by atoms with Gasteiger partial charge in [0.15, 0.2) is 0 Å². The van der Waals surface area contributed by atoms with Crippen LogP contribution in [-0.4, -0.2) is 74.0 Å². The Hall–Kier alpha value is -2.01. The van der Waals surface area contributed by atoms with Gasteiger partial charge in [-0.15, -0.1) is 0 Å². The average Bonchev–Trinajstić information content (AvgIpc) is 2.45. The summed E-state index contributed by atoms with van der Waals surface area (Å²) >= 11 is 1.10. The Balaban J connectivity index is 5.39. The van der Waals surface area contributed by atoms with Crippen molar-refractivity contribution in [3.8, 4) is 0 Å². The van der Waals surface area contributed by atoms with E-state index in [2.05, 4.69) is 0 Å². The van der Waals surface area contributed by atoms with Crippen molar-refractivity contribution < 1.29 is 38.9 Å². The minimum absolute atomic E-state index is 0.0561. The summed E-state index contributed by atoms with van der Waals surface area (Å²) in [6.07, 6.45) is -2.41. The molecule has 0 radical (unpaired) electrons. The predicted octanol–water partition coefficient (Wildman–Crippen LogP) is 2.15. The molecule has 28 heavy (non-hydrogen) atoms. The first-order valence-electron chi connectivity index (χ1n) is 8.59. The zero-order valence-corrected chi connectivity index (χ0v) is 17.9. The first kappa shape index (κ1) is 26.0. The maximum Gasteiger partial charge on any atom is 0.420 e. The number of thioether (sulfide) groups is 1. The molecule has 0 aromatic carbocycles. The van der Waals surface area contributed by atoms with Crippen molar-refractivity contribution >= 4 is 35.9 Å². The Morgan fingerprint density at radius 1 is 0.929 bits per heavy atom. The van der Waals surface area contributed by atoms with E-state index < -0.39 is 47.4 Å². The Morgan fingerprint density at radius 2 is 1.36 bits per heavy atom. The number of hydrogen-bond donors (Lipinski definition) is 3. The van der Waals surface area contributed by atoms with Crippen LogP contribution in [0.5, 0.6) is 0 Å². The molecule has 0 aliphatic heterocycles. The zero-order chi connectivity index (χ0) is 22.3. The van der Waals surface area contributed by atoms with Gasteiger partial charge in [0.25, 0.3) is 0 Å². The number of hydrogen-bond acceptors (Lipinski definition) is 8. The lowest BCUT2D eigenvalue weighted by atomic mass is 10.2. The van der Waals surface area contributed by atoms with E-state index in [0.29, 0.717) is 4.90 Å². The summed E-state index contributed by atoms with van der Waals surface area (Å²) in [5.41, 5.74) is 3.48. The normalized spacial score (nSPS) is 14.0. The molecule has 0 heterocycles. The molecule has 0 bridgehead atoms. The lowest BCUT2D eigenvalue weighted by Gasteiger charge is -2.31. The number of nitrogens with two attached hydrogens (primary N) is 1. The highest BCUT2D eigenvalue weighted by molar-refractivity contribution is 7.99. The third-order valence-corrected chi connectivity index (χ3v) is 4.05. The third kappa shape index (κ3) is 10.4. The van der Waals surface area contributed by atoms with Crippen LogP contribution >= 0.6 is 11.8 Å². The fourth-order valence-corrected chi connectivity index (χ4v) is 2.74. The summed E-state index contributed by atoms with van der Waals surface area (Å²) in [5, 5.41) is 18.3. The second kappa shape index (κ2) is 10.5. The molecule has 0 spiro atoms. The molecule has 10 nitrogen and oxygen atoms in total.